The Balaban J connectivity index is 0. The first-order chi connectivity index (χ1) is 3.27. The fourth-order valence-corrected chi connectivity index (χ4v) is 0. The van der Waals surface area contributed by atoms with Crippen LogP contribution in [-0.4, -0.2) is 4.15 Å². The first-order valence-electron chi connectivity index (χ1n) is 1.07. The summed E-state index contributed by atoms with van der Waals surface area (Å²) in [6.45, 7) is 0. The molecule has 0 aromatic carbocycles. The molecule has 0 saturated heterocycles. The van der Waals surface area contributed by atoms with Crippen molar-refractivity contribution < 1.29 is 71.4 Å². The second-order valence-corrected chi connectivity index (χ2v) is 2.59. The normalized spacial score (nSPS) is 5.29. The number of nitrogens with two attached hydrogens (primary N) is 1. The van der Waals surface area contributed by atoms with Crippen LogP contribution in [0.3, 0.4) is 0 Å². The van der Waals surface area contributed by atoms with Crippen LogP contribution in [-0.2, 0) is 71.4 Å². The Labute approximate surface area is 83.4 Å². The first kappa shape index (κ1) is 12.1. The third kappa shape index (κ3) is 17.8. The van der Waals surface area contributed by atoms with Gasteiger partial charge in [-0.3, -0.25) is 0 Å². The molecule has 2 N–H and O–H groups in total. The van der Waals surface area contributed by atoms with Gasteiger partial charge in [0.25, 0.3) is 0 Å². The van der Waals surface area contributed by atoms with Crippen molar-refractivity contribution in [2.24, 2.45) is 9.23 Å². The van der Waals surface area contributed by atoms with Gasteiger partial charge in [-0.15, -0.1) is 0 Å². The summed E-state index contributed by atoms with van der Waals surface area (Å²) >= 11 is 5.78. The van der Waals surface area contributed by atoms with E-state index in [0.717, 1.165) is 4.15 Å². The van der Waals surface area contributed by atoms with E-state index in [-0.39, 0.29) is 0 Å². The Morgan fingerprint density at radius 1 is 1.43 bits per heavy atom. The van der Waals surface area contributed by atoms with Crippen LogP contribution < -0.4 is 5.73 Å². The third-order valence-corrected chi connectivity index (χ3v) is 2.93. The van der Waals surface area contributed by atoms with Crippen LogP contribution in [0.5, 0.6) is 0 Å². The van der Waals surface area contributed by atoms with E-state index in [9.17, 15) is 0 Å². The predicted molar refractivity (Wildman–Crippen MR) is 11.6 cm³/mol. The molecule has 0 fully saturated rings. The van der Waals surface area contributed by atoms with E-state index >= 15 is 0 Å². The zero-order valence-electron chi connectivity index (χ0n) is 3.16. The molecule has 0 amide bonds. The van der Waals surface area contributed by atoms with Gasteiger partial charge in [-0.2, -0.15) is 0 Å². The van der Waals surface area contributed by atoms with Crippen LogP contribution in [0, 0.1) is 0 Å². The van der Waals surface area contributed by atoms with Crippen molar-refractivity contribution >= 4 is 4.15 Å². The fraction of sp³-hybridized carbons (Fsp3) is 0. The Morgan fingerprint density at radius 3 is 1.57 bits per heavy atom. The topological polar surface area (TPSA) is 38.4 Å². The zero-order chi connectivity index (χ0) is 6.28. The van der Waals surface area contributed by atoms with E-state index in [1.807, 2.05) is 0 Å². The summed E-state index contributed by atoms with van der Waals surface area (Å²) < 4.78 is 4.45. The molecule has 0 atom stereocenters. The maximum absolute atomic E-state index is 5.10. The Kier molecular flexibility index (Phi) is 19.4. The van der Waals surface area contributed by atoms with Gasteiger partial charge in [0.2, 0.25) is 0 Å². The molecule has 0 heterocycles. The Bertz CT molecular complexity index is 70.1. The summed E-state index contributed by atoms with van der Waals surface area (Å²) in [4.78, 5) is 0. The van der Waals surface area contributed by atoms with Gasteiger partial charge in [-0.05, 0) is 0 Å². The van der Waals surface area contributed by atoms with Crippen molar-refractivity contribution in [1.29, 1.82) is 0 Å². The molecule has 0 bridgehead atoms. The third-order valence-electron chi connectivity index (χ3n) is 0.0900. The molecular weight excluding hydrogens is 775 g/mol. The average molecular weight is 777 g/mol. The molecule has 40 valence electrons. The van der Waals surface area contributed by atoms with E-state index in [1.54, 1.807) is 32.4 Å². The van der Waals surface area contributed by atoms with E-state index < -0.39 is 0 Å². The SMILES string of the molecule is N[C](=[W])[N]=[W].[W]=[W]. The van der Waals surface area contributed by atoms with Crippen molar-refractivity contribution in [1.82, 2.24) is 0 Å². The summed E-state index contributed by atoms with van der Waals surface area (Å²) in [5.41, 5.74) is 5.10. The minimum absolute atomic E-state index is 0.750. The van der Waals surface area contributed by atoms with Crippen molar-refractivity contribution in [3.05, 3.63) is 0 Å². The minimum atomic E-state index is 0.750. The average Bonchev–Trinajstić information content (AvgIpc) is 1.73. The molecule has 0 aliphatic carbocycles. The molecule has 0 saturated carbocycles. The Morgan fingerprint density at radius 2 is 1.57 bits per heavy atom. The Hall–Kier alpha value is 2.38. The van der Waals surface area contributed by atoms with Crippen molar-refractivity contribution in [2.45, 2.75) is 0 Å². The van der Waals surface area contributed by atoms with E-state index in [4.69, 9.17) is 5.73 Å². The fourth-order valence-electron chi connectivity index (χ4n) is 0. The van der Waals surface area contributed by atoms with Gasteiger partial charge >= 0.3 is 84.8 Å². The van der Waals surface area contributed by atoms with E-state index in [2.05, 4.69) is 3.50 Å². The zero-order valence-corrected chi connectivity index (χ0v) is 14.9. The number of hydrogen-bond acceptors (Lipinski definition) is 2. The van der Waals surface area contributed by atoms with Gasteiger partial charge < -0.3 is 0 Å². The number of rotatable bonds is 1. The summed E-state index contributed by atoms with van der Waals surface area (Å²) in [6, 6.07) is 0. The summed E-state index contributed by atoms with van der Waals surface area (Å²) in [5.74, 6) is 0. The molecule has 2 nitrogen and oxygen atoms in total. The monoisotopic (exact) mass is 778 g/mol. The van der Waals surface area contributed by atoms with Gasteiger partial charge in [-0.1, -0.05) is 0 Å². The van der Waals surface area contributed by atoms with Gasteiger partial charge in [-0.25, -0.2) is 0 Å². The van der Waals surface area contributed by atoms with Crippen LogP contribution >= 0.6 is 0 Å². The van der Waals surface area contributed by atoms with Crippen LogP contribution in [0.4, 0.5) is 0 Å². The molecule has 0 aliphatic rings. The molecule has 0 radical (unpaired) electrons. The molecule has 0 unspecified atom stereocenters. The molecule has 0 aromatic rings. The van der Waals surface area contributed by atoms with Gasteiger partial charge in [0.05, 0.1) is 0 Å². The van der Waals surface area contributed by atoms with Gasteiger partial charge in [0, 0.05) is 0 Å². The maximum atomic E-state index is 5.10. The van der Waals surface area contributed by atoms with E-state index in [0.29, 0.717) is 0 Å². The van der Waals surface area contributed by atoms with Gasteiger partial charge in [0.15, 0.2) is 0 Å². The van der Waals surface area contributed by atoms with Crippen molar-refractivity contribution in [3.63, 3.8) is 0 Å². The van der Waals surface area contributed by atoms with Crippen LogP contribution in [0.1, 0.15) is 0 Å². The molecule has 7 heavy (non-hydrogen) atoms. The summed E-state index contributed by atoms with van der Waals surface area (Å²) in [7, 11) is 0. The van der Waals surface area contributed by atoms with Crippen LogP contribution in [0.2, 0.25) is 0 Å². The quantitative estimate of drug-likeness (QED) is 0.377. The molecular formula is CH2N2W4. The standard InChI is InChI=1S/CH2N2.4W/c2-1-3;;;;/h2H2;;;;. The second-order valence-electron chi connectivity index (χ2n) is 0.430. The van der Waals surface area contributed by atoms with Crippen LogP contribution in [0.25, 0.3) is 0 Å². The van der Waals surface area contributed by atoms with Crippen molar-refractivity contribution in [3.8, 4) is 0 Å². The molecule has 0 rings (SSSR count). The molecule has 0 spiro atoms. The van der Waals surface area contributed by atoms with Gasteiger partial charge in [0.1, 0.15) is 0 Å². The predicted octanol–water partition coefficient (Wildman–Crippen LogP) is -0.695. The summed E-state index contributed by atoms with van der Waals surface area (Å²) in [6.07, 6.45) is 0. The number of hydrogen-bond donors (Lipinski definition) is 1. The molecule has 0 aromatic heterocycles. The number of nitrogens with zero attached hydrogens (tertiary/aromatic N) is 1. The van der Waals surface area contributed by atoms with Crippen molar-refractivity contribution in [2.75, 3.05) is 0 Å². The van der Waals surface area contributed by atoms with E-state index in [1.165, 1.54) is 39.0 Å². The van der Waals surface area contributed by atoms with Crippen LogP contribution in [0.15, 0.2) is 3.50 Å². The molecule has 0 aliphatic heterocycles. The second kappa shape index (κ2) is 11.2. The summed E-state index contributed by atoms with van der Waals surface area (Å²) in [5, 5.41) is 0. The first-order valence-corrected chi connectivity index (χ1v) is 14.8. The molecule has 6 heteroatoms.